The van der Waals surface area contributed by atoms with E-state index in [0.29, 0.717) is 18.4 Å². The van der Waals surface area contributed by atoms with Crippen LogP contribution in [0.15, 0.2) is 6.20 Å². The van der Waals surface area contributed by atoms with E-state index in [4.69, 9.17) is 5.73 Å². The van der Waals surface area contributed by atoms with Gasteiger partial charge in [0, 0.05) is 49.7 Å². The fourth-order valence-corrected chi connectivity index (χ4v) is 4.54. The van der Waals surface area contributed by atoms with E-state index in [1.165, 1.54) is 4.88 Å². The van der Waals surface area contributed by atoms with Gasteiger partial charge in [0.05, 0.1) is 5.01 Å². The fourth-order valence-electron chi connectivity index (χ4n) is 3.70. The molecule has 0 radical (unpaired) electrons. The van der Waals surface area contributed by atoms with Crippen molar-refractivity contribution in [1.29, 1.82) is 0 Å². The summed E-state index contributed by atoms with van der Waals surface area (Å²) in [5, 5.41) is 1.12. The van der Waals surface area contributed by atoms with E-state index < -0.39 is 0 Å². The van der Waals surface area contributed by atoms with Gasteiger partial charge in [-0.1, -0.05) is 6.42 Å². The first-order valence-corrected chi connectivity index (χ1v) is 9.11. The average molecular weight is 322 g/mol. The second kappa shape index (κ2) is 7.06. The zero-order valence-corrected chi connectivity index (χ0v) is 14.1. The Balaban J connectivity index is 1.50. The maximum atomic E-state index is 12.7. The molecule has 1 aromatic heterocycles. The minimum Gasteiger partial charge on any atom is -0.340 e. The van der Waals surface area contributed by atoms with Crippen LogP contribution in [0.4, 0.5) is 0 Å². The van der Waals surface area contributed by atoms with E-state index in [1.54, 1.807) is 11.3 Å². The van der Waals surface area contributed by atoms with Crippen LogP contribution < -0.4 is 5.73 Å². The molecule has 2 heterocycles. The Morgan fingerprint density at radius 1 is 1.36 bits per heavy atom. The molecule has 2 atom stereocenters. The molecule has 2 fully saturated rings. The minimum absolute atomic E-state index is 0.181. The number of carbonyl (C=O) groups excluding carboxylic acids is 1. The predicted molar refractivity (Wildman–Crippen MR) is 88.6 cm³/mol. The van der Waals surface area contributed by atoms with Gasteiger partial charge >= 0.3 is 0 Å². The Morgan fingerprint density at radius 3 is 2.77 bits per heavy atom. The number of nitrogens with two attached hydrogens (primary N) is 1. The summed E-state index contributed by atoms with van der Waals surface area (Å²) in [6.07, 6.45) is 5.28. The number of hydrogen-bond donors (Lipinski definition) is 1. The van der Waals surface area contributed by atoms with Crippen LogP contribution in [-0.4, -0.2) is 53.4 Å². The van der Waals surface area contributed by atoms with Crippen LogP contribution in [0.25, 0.3) is 0 Å². The van der Waals surface area contributed by atoms with E-state index in [9.17, 15) is 4.79 Å². The van der Waals surface area contributed by atoms with Gasteiger partial charge in [0.15, 0.2) is 0 Å². The van der Waals surface area contributed by atoms with Gasteiger partial charge in [-0.25, -0.2) is 4.98 Å². The monoisotopic (exact) mass is 322 g/mol. The Morgan fingerprint density at radius 2 is 2.14 bits per heavy atom. The van der Waals surface area contributed by atoms with Crippen molar-refractivity contribution in [3.05, 3.63) is 16.1 Å². The van der Waals surface area contributed by atoms with Crippen molar-refractivity contribution in [2.45, 2.75) is 32.7 Å². The van der Waals surface area contributed by atoms with E-state index >= 15 is 0 Å². The lowest BCUT2D eigenvalue weighted by Crippen LogP contribution is -2.50. The molecular weight excluding hydrogens is 296 g/mol. The molecule has 3 rings (SSSR count). The first-order valence-electron chi connectivity index (χ1n) is 8.30. The second-order valence-corrected chi connectivity index (χ2v) is 7.80. The van der Waals surface area contributed by atoms with Crippen LogP contribution in [-0.2, 0) is 11.3 Å². The van der Waals surface area contributed by atoms with Gasteiger partial charge in [0.2, 0.25) is 5.91 Å². The van der Waals surface area contributed by atoms with Crippen molar-refractivity contribution in [2.24, 2.45) is 17.6 Å². The van der Waals surface area contributed by atoms with Crippen molar-refractivity contribution in [1.82, 2.24) is 14.8 Å². The molecule has 2 aliphatic rings. The summed E-state index contributed by atoms with van der Waals surface area (Å²) < 4.78 is 0. The zero-order valence-electron chi connectivity index (χ0n) is 13.3. The largest absolute Gasteiger partial charge is 0.340 e. The third kappa shape index (κ3) is 3.50. The van der Waals surface area contributed by atoms with Crippen LogP contribution in [0.5, 0.6) is 0 Å². The average Bonchev–Trinajstić information content (AvgIpc) is 3.16. The molecular formula is C16H26N4OS. The topological polar surface area (TPSA) is 62.5 Å². The third-order valence-corrected chi connectivity index (χ3v) is 5.91. The molecule has 1 aliphatic heterocycles. The fraction of sp³-hybridized carbons (Fsp3) is 0.750. The van der Waals surface area contributed by atoms with Crippen LogP contribution in [0.3, 0.4) is 0 Å². The lowest BCUT2D eigenvalue weighted by molar-refractivity contribution is -0.138. The minimum atomic E-state index is 0.181. The normalized spacial score (nSPS) is 26.5. The van der Waals surface area contributed by atoms with Crippen molar-refractivity contribution < 1.29 is 4.79 Å². The third-order valence-electron chi connectivity index (χ3n) is 5.01. The summed E-state index contributed by atoms with van der Waals surface area (Å²) in [5.41, 5.74) is 5.82. The second-order valence-electron chi connectivity index (χ2n) is 6.48. The van der Waals surface area contributed by atoms with Crippen molar-refractivity contribution in [3.63, 3.8) is 0 Å². The standard InChI is InChI=1S/C16H26N4OS/c1-12-18-10-14(22-12)11-19-5-7-20(8-6-19)16(21)15-4-2-3-13(15)9-17/h10,13,15H,2-9,11,17H2,1H3/t13-,15-/m1/s1. The van der Waals surface area contributed by atoms with Crippen LogP contribution in [0.2, 0.25) is 0 Å². The summed E-state index contributed by atoms with van der Waals surface area (Å²) in [6, 6.07) is 0. The molecule has 2 N–H and O–H groups in total. The number of aromatic nitrogens is 1. The van der Waals surface area contributed by atoms with Crippen LogP contribution in [0.1, 0.15) is 29.1 Å². The molecule has 1 aromatic rings. The molecule has 1 saturated carbocycles. The molecule has 0 aromatic carbocycles. The van der Waals surface area contributed by atoms with Crippen LogP contribution in [0, 0.1) is 18.8 Å². The summed E-state index contributed by atoms with van der Waals surface area (Å²) >= 11 is 1.76. The molecule has 0 unspecified atom stereocenters. The van der Waals surface area contributed by atoms with Gasteiger partial charge in [0.1, 0.15) is 0 Å². The van der Waals surface area contributed by atoms with E-state index in [2.05, 4.69) is 14.8 Å². The van der Waals surface area contributed by atoms with Crippen LogP contribution >= 0.6 is 11.3 Å². The van der Waals surface area contributed by atoms with Crippen molar-refractivity contribution >= 4 is 17.2 Å². The maximum absolute atomic E-state index is 12.7. The molecule has 1 saturated heterocycles. The molecule has 0 spiro atoms. The highest BCUT2D eigenvalue weighted by Crippen LogP contribution is 2.32. The number of amides is 1. The highest BCUT2D eigenvalue weighted by atomic mass is 32.1. The molecule has 122 valence electrons. The Kier molecular flexibility index (Phi) is 5.10. The number of piperazine rings is 1. The zero-order chi connectivity index (χ0) is 15.5. The lowest BCUT2D eigenvalue weighted by atomic mass is 9.94. The number of thiazole rings is 1. The van der Waals surface area contributed by atoms with Crippen molar-refractivity contribution in [2.75, 3.05) is 32.7 Å². The first-order chi connectivity index (χ1) is 10.7. The number of nitrogens with zero attached hydrogens (tertiary/aromatic N) is 3. The molecule has 0 bridgehead atoms. The molecule has 1 aliphatic carbocycles. The Labute approximate surface area is 136 Å². The smallest absolute Gasteiger partial charge is 0.226 e. The van der Waals surface area contributed by atoms with E-state index in [0.717, 1.165) is 57.0 Å². The van der Waals surface area contributed by atoms with E-state index in [-0.39, 0.29) is 5.92 Å². The van der Waals surface area contributed by atoms with Gasteiger partial charge in [-0.05, 0) is 32.2 Å². The molecule has 22 heavy (non-hydrogen) atoms. The Hall–Kier alpha value is -0.980. The number of hydrogen-bond acceptors (Lipinski definition) is 5. The van der Waals surface area contributed by atoms with Gasteiger partial charge in [-0.2, -0.15) is 0 Å². The predicted octanol–water partition coefficient (Wildman–Crippen LogP) is 1.47. The lowest BCUT2D eigenvalue weighted by Gasteiger charge is -2.36. The number of rotatable bonds is 4. The van der Waals surface area contributed by atoms with Gasteiger partial charge < -0.3 is 10.6 Å². The SMILES string of the molecule is Cc1ncc(CN2CCN(C(=O)[C@@H]3CCC[C@@H]3CN)CC2)s1. The van der Waals surface area contributed by atoms with Gasteiger partial charge in [-0.3, -0.25) is 9.69 Å². The first kappa shape index (κ1) is 15.9. The quantitative estimate of drug-likeness (QED) is 0.912. The molecule has 1 amide bonds. The highest BCUT2D eigenvalue weighted by molar-refractivity contribution is 7.11. The summed E-state index contributed by atoms with van der Waals surface area (Å²) in [4.78, 5) is 22.8. The highest BCUT2D eigenvalue weighted by Gasteiger charge is 2.35. The number of carbonyl (C=O) groups is 1. The number of aryl methyl sites for hydroxylation is 1. The summed E-state index contributed by atoms with van der Waals surface area (Å²) in [6.45, 7) is 7.28. The summed E-state index contributed by atoms with van der Waals surface area (Å²) in [7, 11) is 0. The molecule has 5 nitrogen and oxygen atoms in total. The van der Waals surface area contributed by atoms with E-state index in [1.807, 2.05) is 13.1 Å². The van der Waals surface area contributed by atoms with Gasteiger partial charge in [0.25, 0.3) is 0 Å². The maximum Gasteiger partial charge on any atom is 0.226 e. The van der Waals surface area contributed by atoms with Gasteiger partial charge in [-0.15, -0.1) is 11.3 Å². The summed E-state index contributed by atoms with van der Waals surface area (Å²) in [5.74, 6) is 0.938. The Bertz CT molecular complexity index is 510. The molecule has 6 heteroatoms. The van der Waals surface area contributed by atoms with Crippen molar-refractivity contribution in [3.8, 4) is 0 Å².